The molecule has 1 heterocycles. The highest BCUT2D eigenvalue weighted by atomic mass is 32.2. The van der Waals surface area contributed by atoms with E-state index in [9.17, 15) is 13.2 Å². The summed E-state index contributed by atoms with van der Waals surface area (Å²) in [6.45, 7) is 2.15. The molecule has 0 atom stereocenters. The molecule has 0 bridgehead atoms. The first kappa shape index (κ1) is 20.4. The summed E-state index contributed by atoms with van der Waals surface area (Å²) < 4.78 is 28.3. The number of amides is 1. The van der Waals surface area contributed by atoms with Gasteiger partial charge in [0.05, 0.1) is 5.75 Å². The Morgan fingerprint density at radius 1 is 1.04 bits per heavy atom. The molecule has 0 aromatic heterocycles. The largest absolute Gasteiger partial charge is 0.457 e. The van der Waals surface area contributed by atoms with Crippen LogP contribution >= 0.6 is 0 Å². The number of piperidine rings is 1. The van der Waals surface area contributed by atoms with Crippen molar-refractivity contribution in [1.29, 1.82) is 0 Å². The molecule has 6 nitrogen and oxygen atoms in total. The van der Waals surface area contributed by atoms with Crippen LogP contribution in [0.5, 0.6) is 11.5 Å². The van der Waals surface area contributed by atoms with Gasteiger partial charge in [0.2, 0.25) is 0 Å². The number of hydrogen-bond donors (Lipinski definition) is 1. The second-order valence-electron chi connectivity index (χ2n) is 7.16. The number of carbonyl (C=O) groups is 1. The molecule has 0 saturated carbocycles. The number of rotatable bonds is 7. The lowest BCUT2D eigenvalue weighted by atomic mass is 10.0. The first-order valence-electron chi connectivity index (χ1n) is 9.43. The van der Waals surface area contributed by atoms with E-state index in [4.69, 9.17) is 4.74 Å². The quantitative estimate of drug-likeness (QED) is 0.771. The molecule has 2 aromatic carbocycles. The molecule has 7 heteroatoms. The maximum atomic E-state index is 12.5. The normalized spacial score (nSPS) is 15.9. The van der Waals surface area contributed by atoms with E-state index in [0.29, 0.717) is 17.9 Å². The zero-order valence-electron chi connectivity index (χ0n) is 16.0. The van der Waals surface area contributed by atoms with E-state index in [0.717, 1.165) is 31.7 Å². The number of benzene rings is 2. The van der Waals surface area contributed by atoms with Crippen molar-refractivity contribution in [3.05, 3.63) is 60.2 Å². The standard InChI is InChI=1S/C21H26N2O4S/c1-28(25,26)16-15-23-13-11-18(12-14-23)22-21(24)17-7-9-20(10-8-17)27-19-5-3-2-4-6-19/h2-10,18H,11-16H2,1H3,(H,22,24). The second-order valence-corrected chi connectivity index (χ2v) is 9.42. The Kier molecular flexibility index (Phi) is 6.70. The number of nitrogens with one attached hydrogen (secondary N) is 1. The van der Waals surface area contributed by atoms with Crippen LogP contribution in [-0.4, -0.2) is 56.9 Å². The fraction of sp³-hybridized carbons (Fsp3) is 0.381. The van der Waals surface area contributed by atoms with Crippen LogP contribution in [-0.2, 0) is 9.84 Å². The highest BCUT2D eigenvalue weighted by Crippen LogP contribution is 2.21. The van der Waals surface area contributed by atoms with Gasteiger partial charge in [-0.25, -0.2) is 8.42 Å². The summed E-state index contributed by atoms with van der Waals surface area (Å²) in [5.74, 6) is 1.52. The van der Waals surface area contributed by atoms with E-state index >= 15 is 0 Å². The van der Waals surface area contributed by atoms with E-state index < -0.39 is 9.84 Å². The molecule has 150 valence electrons. The Labute approximate surface area is 166 Å². The average molecular weight is 403 g/mol. The smallest absolute Gasteiger partial charge is 0.251 e. The molecule has 1 fully saturated rings. The molecule has 1 aliphatic heterocycles. The van der Waals surface area contributed by atoms with Gasteiger partial charge in [-0.15, -0.1) is 0 Å². The minimum Gasteiger partial charge on any atom is -0.457 e. The van der Waals surface area contributed by atoms with Gasteiger partial charge in [0.15, 0.2) is 0 Å². The van der Waals surface area contributed by atoms with Crippen LogP contribution in [0.25, 0.3) is 0 Å². The van der Waals surface area contributed by atoms with E-state index in [2.05, 4.69) is 10.2 Å². The lowest BCUT2D eigenvalue weighted by Gasteiger charge is -2.32. The fourth-order valence-corrected chi connectivity index (χ4v) is 3.75. The predicted octanol–water partition coefficient (Wildman–Crippen LogP) is 2.72. The van der Waals surface area contributed by atoms with Gasteiger partial charge in [-0.1, -0.05) is 18.2 Å². The van der Waals surface area contributed by atoms with E-state index in [-0.39, 0.29) is 17.7 Å². The lowest BCUT2D eigenvalue weighted by Crippen LogP contribution is -2.45. The van der Waals surface area contributed by atoms with Gasteiger partial charge in [0.25, 0.3) is 5.91 Å². The van der Waals surface area contributed by atoms with Crippen molar-refractivity contribution in [1.82, 2.24) is 10.2 Å². The summed E-state index contributed by atoms with van der Waals surface area (Å²) in [7, 11) is -2.94. The third-order valence-corrected chi connectivity index (χ3v) is 5.72. The summed E-state index contributed by atoms with van der Waals surface area (Å²) in [5, 5.41) is 3.07. The first-order valence-corrected chi connectivity index (χ1v) is 11.5. The van der Waals surface area contributed by atoms with Gasteiger partial charge < -0.3 is 15.0 Å². The van der Waals surface area contributed by atoms with Crippen LogP contribution in [0.3, 0.4) is 0 Å². The molecule has 3 rings (SSSR count). The molecule has 1 aliphatic rings. The monoisotopic (exact) mass is 402 g/mol. The summed E-state index contributed by atoms with van der Waals surface area (Å²) >= 11 is 0. The number of hydrogen-bond acceptors (Lipinski definition) is 5. The van der Waals surface area contributed by atoms with Crippen molar-refractivity contribution in [2.24, 2.45) is 0 Å². The third-order valence-electron chi connectivity index (χ3n) is 4.80. The fourth-order valence-electron chi connectivity index (χ4n) is 3.16. The second kappa shape index (κ2) is 9.21. The van der Waals surface area contributed by atoms with Crippen LogP contribution in [0.1, 0.15) is 23.2 Å². The van der Waals surface area contributed by atoms with Crippen LogP contribution < -0.4 is 10.1 Å². The molecule has 28 heavy (non-hydrogen) atoms. The van der Waals surface area contributed by atoms with Crippen molar-refractivity contribution in [3.63, 3.8) is 0 Å². The Balaban J connectivity index is 1.46. The Morgan fingerprint density at radius 2 is 1.64 bits per heavy atom. The minimum absolute atomic E-state index is 0.0964. The predicted molar refractivity (Wildman–Crippen MR) is 110 cm³/mol. The summed E-state index contributed by atoms with van der Waals surface area (Å²) in [4.78, 5) is 14.6. The summed E-state index contributed by atoms with van der Waals surface area (Å²) in [5.41, 5.74) is 0.597. The van der Waals surface area contributed by atoms with E-state index in [1.807, 2.05) is 30.3 Å². The molecule has 0 radical (unpaired) electrons. The molecule has 1 N–H and O–H groups in total. The third kappa shape index (κ3) is 6.35. The van der Waals surface area contributed by atoms with Gasteiger partial charge in [-0.05, 0) is 49.2 Å². The van der Waals surface area contributed by atoms with Crippen molar-refractivity contribution >= 4 is 15.7 Å². The SMILES string of the molecule is CS(=O)(=O)CCN1CCC(NC(=O)c2ccc(Oc3ccccc3)cc2)CC1. The Hall–Kier alpha value is -2.38. The number of carbonyl (C=O) groups excluding carboxylic acids is 1. The first-order chi connectivity index (χ1) is 13.4. The number of nitrogens with zero attached hydrogens (tertiary/aromatic N) is 1. The van der Waals surface area contributed by atoms with Crippen LogP contribution in [0.15, 0.2) is 54.6 Å². The van der Waals surface area contributed by atoms with Gasteiger partial charge in [0, 0.05) is 37.5 Å². The number of sulfone groups is 1. The molecule has 1 saturated heterocycles. The summed E-state index contributed by atoms with van der Waals surface area (Å²) in [6, 6.07) is 16.7. The van der Waals surface area contributed by atoms with Crippen LogP contribution in [0.4, 0.5) is 0 Å². The summed E-state index contributed by atoms with van der Waals surface area (Å²) in [6.07, 6.45) is 2.91. The van der Waals surface area contributed by atoms with Gasteiger partial charge in [-0.3, -0.25) is 4.79 Å². The zero-order chi connectivity index (χ0) is 20.0. The Morgan fingerprint density at radius 3 is 2.25 bits per heavy atom. The molecule has 1 amide bonds. The molecule has 2 aromatic rings. The molecular formula is C21H26N2O4S. The number of para-hydroxylation sites is 1. The molecule has 0 spiro atoms. The number of ether oxygens (including phenoxy) is 1. The minimum atomic E-state index is -2.94. The lowest BCUT2D eigenvalue weighted by molar-refractivity contribution is 0.0913. The van der Waals surface area contributed by atoms with Crippen molar-refractivity contribution in [3.8, 4) is 11.5 Å². The molecule has 0 aliphatic carbocycles. The van der Waals surface area contributed by atoms with Gasteiger partial charge >= 0.3 is 0 Å². The highest BCUT2D eigenvalue weighted by Gasteiger charge is 2.21. The van der Waals surface area contributed by atoms with Crippen molar-refractivity contribution in [2.75, 3.05) is 31.6 Å². The maximum Gasteiger partial charge on any atom is 0.251 e. The van der Waals surface area contributed by atoms with Crippen LogP contribution in [0.2, 0.25) is 0 Å². The maximum absolute atomic E-state index is 12.5. The van der Waals surface area contributed by atoms with Crippen molar-refractivity contribution in [2.45, 2.75) is 18.9 Å². The molecular weight excluding hydrogens is 376 g/mol. The van der Waals surface area contributed by atoms with Crippen molar-refractivity contribution < 1.29 is 17.9 Å². The van der Waals surface area contributed by atoms with Crippen LogP contribution in [0, 0.1) is 0 Å². The van der Waals surface area contributed by atoms with Gasteiger partial charge in [0.1, 0.15) is 21.3 Å². The number of likely N-dealkylation sites (tertiary alicyclic amines) is 1. The Bertz CT molecular complexity index is 874. The highest BCUT2D eigenvalue weighted by molar-refractivity contribution is 7.90. The average Bonchev–Trinajstić information content (AvgIpc) is 2.68. The van der Waals surface area contributed by atoms with E-state index in [1.165, 1.54) is 6.26 Å². The zero-order valence-corrected chi connectivity index (χ0v) is 16.8. The van der Waals surface area contributed by atoms with Gasteiger partial charge in [-0.2, -0.15) is 0 Å². The molecule has 0 unspecified atom stereocenters. The van der Waals surface area contributed by atoms with E-state index in [1.54, 1.807) is 24.3 Å². The topological polar surface area (TPSA) is 75.7 Å².